The predicted molar refractivity (Wildman–Crippen MR) is 86.5 cm³/mol. The Morgan fingerprint density at radius 3 is 2.65 bits per heavy atom. The highest BCUT2D eigenvalue weighted by molar-refractivity contribution is 7.93. The topological polar surface area (TPSA) is 93.1 Å². The minimum Gasteiger partial charge on any atom is -0.480 e. The molecule has 0 aromatic carbocycles. The van der Waals surface area contributed by atoms with Crippen molar-refractivity contribution in [2.45, 2.75) is 32.7 Å². The van der Waals surface area contributed by atoms with Gasteiger partial charge in [-0.2, -0.15) is 4.31 Å². The van der Waals surface area contributed by atoms with Gasteiger partial charge in [0.15, 0.2) is 0 Å². The van der Waals surface area contributed by atoms with Gasteiger partial charge in [0.1, 0.15) is 6.61 Å². The molecule has 0 radical (unpaired) electrons. The lowest BCUT2D eigenvalue weighted by Gasteiger charge is -2.30. The van der Waals surface area contributed by atoms with E-state index < -0.39 is 28.6 Å². The Hall–Kier alpha value is -1.22. The largest absolute Gasteiger partial charge is 0.480 e. The summed E-state index contributed by atoms with van der Waals surface area (Å²) in [6.07, 6.45) is 5.03. The zero-order valence-electron chi connectivity index (χ0n) is 13.8. The van der Waals surface area contributed by atoms with E-state index in [1.54, 1.807) is 13.0 Å². The lowest BCUT2D eigenvalue weighted by Crippen LogP contribution is -2.46. The maximum absolute atomic E-state index is 12.9. The van der Waals surface area contributed by atoms with Crippen molar-refractivity contribution < 1.29 is 27.8 Å². The van der Waals surface area contributed by atoms with Gasteiger partial charge in [0.25, 0.3) is 0 Å². The molecule has 8 heteroatoms. The maximum Gasteiger partial charge on any atom is 0.329 e. The smallest absolute Gasteiger partial charge is 0.329 e. The molecular formula is C15H25NO6S. The summed E-state index contributed by atoms with van der Waals surface area (Å²) >= 11 is 0. The maximum atomic E-state index is 12.9. The first-order valence-corrected chi connectivity index (χ1v) is 8.95. The summed E-state index contributed by atoms with van der Waals surface area (Å²) in [7, 11) is -2.21. The van der Waals surface area contributed by atoms with Crippen molar-refractivity contribution in [3.8, 4) is 0 Å². The monoisotopic (exact) mass is 347 g/mol. The quantitative estimate of drug-likeness (QED) is 0.642. The van der Waals surface area contributed by atoms with Crippen LogP contribution in [0.15, 0.2) is 22.6 Å². The second-order valence-electron chi connectivity index (χ2n) is 5.31. The molecule has 0 spiro atoms. The van der Waals surface area contributed by atoms with Crippen molar-refractivity contribution >= 4 is 16.0 Å². The van der Waals surface area contributed by atoms with Crippen LogP contribution in [0.2, 0.25) is 0 Å². The lowest BCUT2D eigenvalue weighted by atomic mass is 10.1. The summed E-state index contributed by atoms with van der Waals surface area (Å²) in [5, 5.41) is 8.65. The molecule has 0 aliphatic heterocycles. The van der Waals surface area contributed by atoms with Gasteiger partial charge in [-0.3, -0.25) is 0 Å². The summed E-state index contributed by atoms with van der Waals surface area (Å²) in [4.78, 5) is 10.9. The van der Waals surface area contributed by atoms with Gasteiger partial charge in [-0.15, -0.1) is 0 Å². The van der Waals surface area contributed by atoms with E-state index in [1.165, 1.54) is 11.4 Å². The van der Waals surface area contributed by atoms with Crippen molar-refractivity contribution in [2.24, 2.45) is 0 Å². The number of methoxy groups -OCH3 is 1. The summed E-state index contributed by atoms with van der Waals surface area (Å²) < 4.78 is 37.3. The second kappa shape index (κ2) is 9.17. The molecule has 0 bridgehead atoms. The molecule has 23 heavy (non-hydrogen) atoms. The van der Waals surface area contributed by atoms with Crippen LogP contribution in [0.4, 0.5) is 0 Å². The molecule has 1 atom stereocenters. The van der Waals surface area contributed by atoms with Gasteiger partial charge in [0.2, 0.25) is 10.0 Å². The van der Waals surface area contributed by atoms with E-state index in [0.717, 1.165) is 12.0 Å². The van der Waals surface area contributed by atoms with E-state index in [4.69, 9.17) is 14.6 Å². The number of nitrogens with zero attached hydrogens (tertiary/aromatic N) is 1. The van der Waals surface area contributed by atoms with Crippen molar-refractivity contribution in [3.63, 3.8) is 0 Å². The van der Waals surface area contributed by atoms with Crippen LogP contribution in [0.3, 0.4) is 0 Å². The number of sulfonamides is 1. The Morgan fingerprint density at radius 1 is 1.43 bits per heavy atom. The van der Waals surface area contributed by atoms with Crippen LogP contribution >= 0.6 is 0 Å². The van der Waals surface area contributed by atoms with Crippen LogP contribution in [-0.2, 0) is 24.3 Å². The molecule has 0 saturated carbocycles. The van der Waals surface area contributed by atoms with Crippen LogP contribution in [0.25, 0.3) is 0 Å². The van der Waals surface area contributed by atoms with Crippen LogP contribution in [-0.4, -0.2) is 63.3 Å². The van der Waals surface area contributed by atoms with E-state index in [0.29, 0.717) is 11.3 Å². The predicted octanol–water partition coefficient (Wildman–Crippen LogP) is 1.38. The Balaban J connectivity index is 3.00. The van der Waals surface area contributed by atoms with Crippen LogP contribution in [0.5, 0.6) is 0 Å². The first-order chi connectivity index (χ1) is 10.8. The average Bonchev–Trinajstić information content (AvgIpc) is 2.47. The molecule has 1 aliphatic rings. The first-order valence-electron chi connectivity index (χ1n) is 7.51. The zero-order chi connectivity index (χ0) is 17.5. The summed E-state index contributed by atoms with van der Waals surface area (Å²) in [6, 6.07) is -0.579. The van der Waals surface area contributed by atoms with Gasteiger partial charge in [0, 0.05) is 13.7 Å². The highest BCUT2D eigenvalue weighted by atomic mass is 32.2. The van der Waals surface area contributed by atoms with Gasteiger partial charge < -0.3 is 14.6 Å². The summed E-state index contributed by atoms with van der Waals surface area (Å²) in [5.41, 5.74) is 0.827. The number of allylic oxidation sites excluding steroid dienone is 3. The normalized spacial score (nSPS) is 16.9. The van der Waals surface area contributed by atoms with Gasteiger partial charge in [-0.1, -0.05) is 18.6 Å². The molecule has 0 unspecified atom stereocenters. The Labute approximate surface area is 137 Å². The van der Waals surface area contributed by atoms with Crippen molar-refractivity contribution in [1.82, 2.24) is 4.31 Å². The van der Waals surface area contributed by atoms with E-state index in [1.807, 2.05) is 13.0 Å². The van der Waals surface area contributed by atoms with Gasteiger partial charge >= 0.3 is 5.97 Å². The summed E-state index contributed by atoms with van der Waals surface area (Å²) in [5.74, 6) is -1.10. The first kappa shape index (κ1) is 19.8. The average molecular weight is 347 g/mol. The molecule has 1 aliphatic carbocycles. The van der Waals surface area contributed by atoms with E-state index in [-0.39, 0.29) is 19.8 Å². The fourth-order valence-corrected chi connectivity index (χ4v) is 4.42. The van der Waals surface area contributed by atoms with Crippen LogP contribution in [0.1, 0.15) is 26.7 Å². The zero-order valence-corrected chi connectivity index (χ0v) is 14.6. The molecule has 132 valence electrons. The number of likely N-dealkylation sites (N-methyl/N-ethyl adjacent to an activating group) is 1. The second-order valence-corrected chi connectivity index (χ2v) is 7.17. The molecular weight excluding hydrogens is 322 g/mol. The molecule has 0 aromatic heterocycles. The third kappa shape index (κ3) is 5.42. The minimum absolute atomic E-state index is 0.0384. The molecule has 1 rings (SSSR count). The molecule has 0 aromatic rings. The Bertz CT molecular complexity index is 567. The fraction of sp³-hybridized carbons (Fsp3) is 0.667. The number of hydrogen-bond donors (Lipinski definition) is 1. The number of aliphatic carboxylic acids is 1. The van der Waals surface area contributed by atoms with E-state index in [2.05, 4.69) is 0 Å². The van der Waals surface area contributed by atoms with Crippen molar-refractivity contribution in [1.29, 1.82) is 0 Å². The molecule has 7 nitrogen and oxygen atoms in total. The number of carbonyl (C=O) groups is 1. The number of rotatable bonds is 10. The van der Waals surface area contributed by atoms with Gasteiger partial charge in [0.05, 0.1) is 24.2 Å². The standard InChI is InChI=1S/C15H25NO6S/c1-4-16(13(9-21-3)10-22-11-15(17)18)23(19,20)14-8-6-5-7-12(14)2/h6,8,13H,4-5,7,9-11H2,1-3H3,(H,17,18)/t13-/m0/s1. The van der Waals surface area contributed by atoms with Gasteiger partial charge in [-0.25, -0.2) is 13.2 Å². The van der Waals surface area contributed by atoms with Gasteiger partial charge in [-0.05, 0) is 25.8 Å². The molecule has 0 saturated heterocycles. The van der Waals surface area contributed by atoms with Crippen molar-refractivity contribution in [2.75, 3.05) is 33.5 Å². The number of carboxylic acid groups (broad SMARTS) is 1. The third-order valence-electron chi connectivity index (χ3n) is 3.58. The number of carboxylic acids is 1. The lowest BCUT2D eigenvalue weighted by molar-refractivity contribution is -0.142. The number of hydrogen-bond acceptors (Lipinski definition) is 5. The minimum atomic E-state index is -3.68. The highest BCUT2D eigenvalue weighted by Gasteiger charge is 2.32. The van der Waals surface area contributed by atoms with E-state index >= 15 is 0 Å². The molecule has 0 fully saturated rings. The highest BCUT2D eigenvalue weighted by Crippen LogP contribution is 2.26. The number of ether oxygens (including phenoxy) is 2. The van der Waals surface area contributed by atoms with Crippen LogP contribution in [0, 0.1) is 0 Å². The third-order valence-corrected chi connectivity index (χ3v) is 5.79. The molecule has 0 amide bonds. The molecule has 1 N–H and O–H groups in total. The van der Waals surface area contributed by atoms with Crippen LogP contribution < -0.4 is 0 Å². The summed E-state index contributed by atoms with van der Waals surface area (Å²) in [6.45, 7) is 3.42. The van der Waals surface area contributed by atoms with Crippen molar-refractivity contribution in [3.05, 3.63) is 22.6 Å². The van der Waals surface area contributed by atoms with E-state index in [9.17, 15) is 13.2 Å². The Morgan fingerprint density at radius 2 is 2.13 bits per heavy atom. The molecule has 0 heterocycles. The SMILES string of the molecule is CCN([C@@H](COC)COCC(=O)O)S(=O)(=O)C1=C(C)CCC=C1. The Kier molecular flexibility index (Phi) is 7.90. The fourth-order valence-electron chi connectivity index (χ4n) is 2.50.